The fraction of sp³-hybridized carbons (Fsp3) is 0.316. The van der Waals surface area contributed by atoms with Gasteiger partial charge in [-0.15, -0.1) is 0 Å². The summed E-state index contributed by atoms with van der Waals surface area (Å²) in [7, 11) is 3.11. The minimum Gasteiger partial charge on any atom is -0.497 e. The van der Waals surface area contributed by atoms with Crippen molar-refractivity contribution < 1.29 is 24.1 Å². The largest absolute Gasteiger partial charge is 0.497 e. The summed E-state index contributed by atoms with van der Waals surface area (Å²) in [5, 5.41) is 9.51. The minimum atomic E-state index is -1.02. The molecule has 128 valence electrons. The standard InChI is InChI=1S/C19H22O5/c1-12-7-13(2)9-16(8-12)24-18(19(20)21)10-14-5-6-15(22-3)11-17(14)23-4/h5-9,11,18H,10H2,1-4H3,(H,20,21). The highest BCUT2D eigenvalue weighted by molar-refractivity contribution is 5.73. The molecule has 5 heteroatoms. The summed E-state index contributed by atoms with van der Waals surface area (Å²) in [6, 6.07) is 11.0. The average Bonchev–Trinajstić information content (AvgIpc) is 2.53. The van der Waals surface area contributed by atoms with Gasteiger partial charge in [-0.25, -0.2) is 4.79 Å². The summed E-state index contributed by atoms with van der Waals surface area (Å²) in [6.45, 7) is 3.89. The molecular weight excluding hydrogens is 308 g/mol. The van der Waals surface area contributed by atoms with Crippen LogP contribution in [0.1, 0.15) is 16.7 Å². The first-order chi connectivity index (χ1) is 11.4. The number of hydrogen-bond donors (Lipinski definition) is 1. The van der Waals surface area contributed by atoms with Gasteiger partial charge < -0.3 is 19.3 Å². The van der Waals surface area contributed by atoms with Crippen LogP contribution in [0.2, 0.25) is 0 Å². The maximum atomic E-state index is 11.6. The summed E-state index contributed by atoms with van der Waals surface area (Å²) in [6.07, 6.45) is -0.816. The van der Waals surface area contributed by atoms with Crippen LogP contribution in [0.3, 0.4) is 0 Å². The highest BCUT2D eigenvalue weighted by Gasteiger charge is 2.22. The van der Waals surface area contributed by atoms with Crippen LogP contribution in [0, 0.1) is 13.8 Å². The summed E-state index contributed by atoms with van der Waals surface area (Å²) in [5.41, 5.74) is 2.79. The van der Waals surface area contributed by atoms with Crippen LogP contribution in [0.15, 0.2) is 36.4 Å². The second-order valence-corrected chi connectivity index (χ2v) is 5.65. The molecule has 5 nitrogen and oxygen atoms in total. The molecule has 0 aromatic heterocycles. The molecule has 0 bridgehead atoms. The molecule has 0 saturated carbocycles. The van der Waals surface area contributed by atoms with Gasteiger partial charge in [0.05, 0.1) is 14.2 Å². The molecule has 0 amide bonds. The number of rotatable bonds is 7. The number of benzene rings is 2. The van der Waals surface area contributed by atoms with Gasteiger partial charge in [0.2, 0.25) is 0 Å². The third kappa shape index (κ3) is 4.41. The molecule has 0 aliphatic carbocycles. The Balaban J connectivity index is 2.24. The Kier molecular flexibility index (Phi) is 5.68. The molecule has 1 atom stereocenters. The Morgan fingerprint density at radius 1 is 1.00 bits per heavy atom. The second-order valence-electron chi connectivity index (χ2n) is 5.65. The normalized spacial score (nSPS) is 11.7. The number of aryl methyl sites for hydroxylation is 2. The highest BCUT2D eigenvalue weighted by Crippen LogP contribution is 2.27. The Bertz CT molecular complexity index is 703. The fourth-order valence-corrected chi connectivity index (χ4v) is 2.56. The predicted octanol–water partition coefficient (Wildman–Crippen LogP) is 3.40. The predicted molar refractivity (Wildman–Crippen MR) is 91.2 cm³/mol. The molecular formula is C19H22O5. The summed E-state index contributed by atoms with van der Waals surface area (Å²) in [4.78, 5) is 11.6. The molecule has 2 aromatic rings. The SMILES string of the molecule is COc1ccc(CC(Oc2cc(C)cc(C)c2)C(=O)O)c(OC)c1. The second kappa shape index (κ2) is 7.73. The maximum absolute atomic E-state index is 11.6. The molecule has 0 aliphatic rings. The van der Waals surface area contributed by atoms with Gasteiger partial charge in [0.1, 0.15) is 17.2 Å². The molecule has 24 heavy (non-hydrogen) atoms. The molecule has 2 aromatic carbocycles. The molecule has 2 rings (SSSR count). The first-order valence-electron chi connectivity index (χ1n) is 7.61. The van der Waals surface area contributed by atoms with Gasteiger partial charge in [0.15, 0.2) is 6.10 Å². The quantitative estimate of drug-likeness (QED) is 0.843. The van der Waals surface area contributed by atoms with Gasteiger partial charge in [-0.1, -0.05) is 12.1 Å². The van der Waals surface area contributed by atoms with E-state index in [4.69, 9.17) is 14.2 Å². The van der Waals surface area contributed by atoms with E-state index in [1.54, 1.807) is 32.4 Å². The Hall–Kier alpha value is -2.69. The summed E-state index contributed by atoms with van der Waals surface area (Å²) in [5.74, 6) is 0.752. The van der Waals surface area contributed by atoms with E-state index < -0.39 is 12.1 Å². The van der Waals surface area contributed by atoms with Crippen molar-refractivity contribution in [1.82, 2.24) is 0 Å². The number of methoxy groups -OCH3 is 2. The number of carboxylic acids is 1. The lowest BCUT2D eigenvalue weighted by atomic mass is 10.1. The fourth-order valence-electron chi connectivity index (χ4n) is 2.56. The summed E-state index contributed by atoms with van der Waals surface area (Å²) >= 11 is 0. The van der Waals surface area contributed by atoms with Crippen LogP contribution in [-0.2, 0) is 11.2 Å². The lowest BCUT2D eigenvalue weighted by molar-refractivity contribution is -0.145. The minimum absolute atomic E-state index is 0.190. The van der Waals surface area contributed by atoms with E-state index in [1.807, 2.05) is 32.0 Å². The zero-order valence-corrected chi connectivity index (χ0v) is 14.3. The molecule has 0 aliphatic heterocycles. The van der Waals surface area contributed by atoms with Crippen LogP contribution in [0.5, 0.6) is 17.2 Å². The number of carboxylic acid groups (broad SMARTS) is 1. The van der Waals surface area contributed by atoms with E-state index in [0.717, 1.165) is 16.7 Å². The molecule has 0 spiro atoms. The summed E-state index contributed by atoms with van der Waals surface area (Å²) < 4.78 is 16.2. The van der Waals surface area contributed by atoms with E-state index in [1.165, 1.54) is 0 Å². The molecule has 0 saturated heterocycles. The van der Waals surface area contributed by atoms with Crippen molar-refractivity contribution >= 4 is 5.97 Å². The van der Waals surface area contributed by atoms with Crippen LogP contribution >= 0.6 is 0 Å². The average molecular weight is 330 g/mol. The van der Waals surface area contributed by atoms with Crippen molar-refractivity contribution in [3.63, 3.8) is 0 Å². The van der Waals surface area contributed by atoms with E-state index in [2.05, 4.69) is 0 Å². The maximum Gasteiger partial charge on any atom is 0.345 e. The number of carbonyl (C=O) groups is 1. The Morgan fingerprint density at radius 2 is 1.67 bits per heavy atom. The Labute approximate surface area is 141 Å². The first kappa shape index (κ1) is 17.7. The van der Waals surface area contributed by atoms with Crippen molar-refractivity contribution in [2.24, 2.45) is 0 Å². The van der Waals surface area contributed by atoms with Crippen LogP contribution in [0.4, 0.5) is 0 Å². The van der Waals surface area contributed by atoms with E-state index in [0.29, 0.717) is 17.2 Å². The molecule has 1 unspecified atom stereocenters. The van der Waals surface area contributed by atoms with Gasteiger partial charge in [0.25, 0.3) is 0 Å². The third-order valence-electron chi connectivity index (χ3n) is 3.65. The lowest BCUT2D eigenvalue weighted by Crippen LogP contribution is -2.29. The van der Waals surface area contributed by atoms with E-state index >= 15 is 0 Å². The van der Waals surface area contributed by atoms with Gasteiger partial charge in [-0.05, 0) is 48.7 Å². The van der Waals surface area contributed by atoms with Crippen LogP contribution in [0.25, 0.3) is 0 Å². The molecule has 0 heterocycles. The molecule has 1 N–H and O–H groups in total. The topological polar surface area (TPSA) is 65.0 Å². The van der Waals surface area contributed by atoms with Crippen molar-refractivity contribution in [1.29, 1.82) is 0 Å². The van der Waals surface area contributed by atoms with Gasteiger partial charge in [0, 0.05) is 12.5 Å². The zero-order chi connectivity index (χ0) is 17.7. The van der Waals surface area contributed by atoms with E-state index in [9.17, 15) is 9.90 Å². The molecule has 0 radical (unpaired) electrons. The van der Waals surface area contributed by atoms with Gasteiger partial charge in [-0.3, -0.25) is 0 Å². The van der Waals surface area contributed by atoms with Gasteiger partial charge in [-0.2, -0.15) is 0 Å². The van der Waals surface area contributed by atoms with Crippen LogP contribution < -0.4 is 14.2 Å². The van der Waals surface area contributed by atoms with Crippen molar-refractivity contribution in [2.45, 2.75) is 26.4 Å². The Morgan fingerprint density at radius 3 is 2.21 bits per heavy atom. The van der Waals surface area contributed by atoms with Gasteiger partial charge >= 0.3 is 5.97 Å². The van der Waals surface area contributed by atoms with Crippen molar-refractivity contribution in [3.8, 4) is 17.2 Å². The zero-order valence-electron chi connectivity index (χ0n) is 14.3. The van der Waals surface area contributed by atoms with E-state index in [-0.39, 0.29) is 6.42 Å². The van der Waals surface area contributed by atoms with Crippen molar-refractivity contribution in [3.05, 3.63) is 53.1 Å². The number of aliphatic carboxylic acids is 1. The first-order valence-corrected chi connectivity index (χ1v) is 7.61. The molecule has 0 fully saturated rings. The number of hydrogen-bond acceptors (Lipinski definition) is 4. The monoisotopic (exact) mass is 330 g/mol. The number of ether oxygens (including phenoxy) is 3. The highest BCUT2D eigenvalue weighted by atomic mass is 16.5. The van der Waals surface area contributed by atoms with Crippen molar-refractivity contribution in [2.75, 3.05) is 14.2 Å². The lowest BCUT2D eigenvalue weighted by Gasteiger charge is -2.18. The van der Waals surface area contributed by atoms with Crippen LogP contribution in [-0.4, -0.2) is 31.4 Å². The third-order valence-corrected chi connectivity index (χ3v) is 3.65. The smallest absolute Gasteiger partial charge is 0.345 e.